The van der Waals surface area contributed by atoms with Crippen LogP contribution >= 0.6 is 0 Å². The Hall–Kier alpha value is -2.76. The minimum Gasteiger partial charge on any atom is -0.369 e. The van der Waals surface area contributed by atoms with Crippen molar-refractivity contribution < 1.29 is 0 Å². The first-order chi connectivity index (χ1) is 15.2. The summed E-state index contributed by atoms with van der Waals surface area (Å²) in [6.07, 6.45) is 8.34. The van der Waals surface area contributed by atoms with Gasteiger partial charge in [-0.1, -0.05) is 36.6 Å². The van der Waals surface area contributed by atoms with E-state index in [2.05, 4.69) is 68.7 Å². The molecule has 31 heavy (non-hydrogen) atoms. The fourth-order valence-corrected chi connectivity index (χ4v) is 4.45. The van der Waals surface area contributed by atoms with Crippen LogP contribution in [0.2, 0.25) is 0 Å². The van der Waals surface area contributed by atoms with E-state index in [1.165, 1.54) is 42.5 Å². The van der Waals surface area contributed by atoms with Gasteiger partial charge in [-0.2, -0.15) is 0 Å². The van der Waals surface area contributed by atoms with Crippen LogP contribution in [0.3, 0.4) is 0 Å². The smallest absolute Gasteiger partial charge is 0.191 e. The summed E-state index contributed by atoms with van der Waals surface area (Å²) in [5.74, 6) is 1.96. The maximum Gasteiger partial charge on any atom is 0.191 e. The SMILES string of the molecule is CN=C(NCc1ccc(N2CCCCCC2)nc1)NC1CCN(c2ccc(C)cc2)C1. The second kappa shape index (κ2) is 10.5. The van der Waals surface area contributed by atoms with Gasteiger partial charge in [-0.25, -0.2) is 4.98 Å². The first kappa shape index (κ1) is 21.5. The number of hydrogen-bond donors (Lipinski definition) is 2. The van der Waals surface area contributed by atoms with Crippen molar-refractivity contribution in [2.75, 3.05) is 43.0 Å². The van der Waals surface area contributed by atoms with E-state index in [1.54, 1.807) is 0 Å². The summed E-state index contributed by atoms with van der Waals surface area (Å²) < 4.78 is 0. The topological polar surface area (TPSA) is 55.8 Å². The highest BCUT2D eigenvalue weighted by Crippen LogP contribution is 2.21. The van der Waals surface area contributed by atoms with Crippen LogP contribution < -0.4 is 20.4 Å². The first-order valence-corrected chi connectivity index (χ1v) is 11.7. The molecule has 4 rings (SSSR count). The van der Waals surface area contributed by atoms with Crippen LogP contribution in [0, 0.1) is 6.92 Å². The Morgan fingerprint density at radius 1 is 1.00 bits per heavy atom. The Morgan fingerprint density at radius 3 is 2.45 bits per heavy atom. The quantitative estimate of drug-likeness (QED) is 0.570. The minimum absolute atomic E-state index is 0.399. The zero-order valence-corrected chi connectivity index (χ0v) is 19.0. The summed E-state index contributed by atoms with van der Waals surface area (Å²) in [4.78, 5) is 14.0. The summed E-state index contributed by atoms with van der Waals surface area (Å²) >= 11 is 0. The Kier molecular flexibility index (Phi) is 7.28. The Bertz CT molecular complexity index is 837. The number of guanidine groups is 1. The third kappa shape index (κ3) is 5.90. The van der Waals surface area contributed by atoms with Crippen LogP contribution in [0.15, 0.2) is 47.6 Å². The fourth-order valence-electron chi connectivity index (χ4n) is 4.45. The van der Waals surface area contributed by atoms with E-state index in [4.69, 9.17) is 4.98 Å². The minimum atomic E-state index is 0.399. The van der Waals surface area contributed by atoms with Crippen molar-refractivity contribution >= 4 is 17.5 Å². The maximum atomic E-state index is 4.72. The van der Waals surface area contributed by atoms with E-state index in [0.29, 0.717) is 6.04 Å². The monoisotopic (exact) mass is 420 g/mol. The summed E-state index contributed by atoms with van der Waals surface area (Å²) in [5.41, 5.74) is 3.78. The van der Waals surface area contributed by atoms with Gasteiger partial charge < -0.3 is 20.4 Å². The van der Waals surface area contributed by atoms with Crippen LogP contribution in [0.25, 0.3) is 0 Å². The molecule has 0 saturated carbocycles. The van der Waals surface area contributed by atoms with Crippen LogP contribution in [0.5, 0.6) is 0 Å². The molecule has 2 N–H and O–H groups in total. The number of rotatable bonds is 5. The molecular weight excluding hydrogens is 384 g/mol. The van der Waals surface area contributed by atoms with Crippen molar-refractivity contribution in [3.63, 3.8) is 0 Å². The van der Waals surface area contributed by atoms with E-state index in [-0.39, 0.29) is 0 Å². The number of nitrogens with one attached hydrogen (secondary N) is 2. The van der Waals surface area contributed by atoms with Gasteiger partial charge in [0.15, 0.2) is 5.96 Å². The van der Waals surface area contributed by atoms with Gasteiger partial charge in [0.2, 0.25) is 0 Å². The molecule has 1 aromatic heterocycles. The molecule has 1 aromatic carbocycles. The zero-order chi connectivity index (χ0) is 21.5. The average molecular weight is 421 g/mol. The molecule has 1 unspecified atom stereocenters. The first-order valence-electron chi connectivity index (χ1n) is 11.7. The van der Waals surface area contributed by atoms with E-state index in [0.717, 1.165) is 50.9 Å². The van der Waals surface area contributed by atoms with E-state index in [9.17, 15) is 0 Å². The van der Waals surface area contributed by atoms with Crippen molar-refractivity contribution in [3.8, 4) is 0 Å². The number of pyridine rings is 1. The molecule has 2 aliphatic heterocycles. The Balaban J connectivity index is 1.25. The van der Waals surface area contributed by atoms with Crippen molar-refractivity contribution in [3.05, 3.63) is 53.7 Å². The van der Waals surface area contributed by atoms with Crippen LogP contribution in [0.1, 0.15) is 43.2 Å². The molecule has 0 spiro atoms. The molecule has 0 bridgehead atoms. The molecule has 6 nitrogen and oxygen atoms in total. The summed E-state index contributed by atoms with van der Waals surface area (Å²) in [6.45, 7) is 7.17. The predicted molar refractivity (Wildman–Crippen MR) is 130 cm³/mol. The van der Waals surface area contributed by atoms with Gasteiger partial charge in [-0.15, -0.1) is 0 Å². The number of anilines is 2. The number of nitrogens with zero attached hydrogens (tertiary/aromatic N) is 4. The molecule has 2 saturated heterocycles. The molecule has 2 aliphatic rings. The molecule has 0 amide bonds. The third-order valence-electron chi connectivity index (χ3n) is 6.35. The van der Waals surface area contributed by atoms with E-state index < -0.39 is 0 Å². The number of benzene rings is 1. The number of aryl methyl sites for hydroxylation is 1. The third-order valence-corrected chi connectivity index (χ3v) is 6.35. The maximum absolute atomic E-state index is 4.72. The molecule has 2 fully saturated rings. The normalized spacial score (nSPS) is 19.9. The summed E-state index contributed by atoms with van der Waals surface area (Å²) in [5, 5.41) is 7.04. The molecule has 3 heterocycles. The second-order valence-electron chi connectivity index (χ2n) is 8.76. The molecule has 0 aliphatic carbocycles. The molecule has 166 valence electrons. The summed E-state index contributed by atoms with van der Waals surface area (Å²) in [7, 11) is 1.84. The number of aliphatic imine (C=N–C) groups is 1. The zero-order valence-electron chi connectivity index (χ0n) is 19.0. The van der Waals surface area contributed by atoms with Gasteiger partial charge >= 0.3 is 0 Å². The van der Waals surface area contributed by atoms with Crippen LogP contribution in [-0.4, -0.2) is 50.2 Å². The van der Waals surface area contributed by atoms with Crippen molar-refractivity contribution in [2.24, 2.45) is 4.99 Å². The standard InChI is InChI=1S/C25H36N6/c1-20-7-10-23(11-8-20)31-16-13-22(19-31)29-25(26-2)28-18-21-9-12-24(27-17-21)30-14-5-3-4-6-15-30/h7-12,17,22H,3-6,13-16,18-19H2,1-2H3,(H2,26,28,29). The average Bonchev–Trinajstić information content (AvgIpc) is 3.09. The van der Waals surface area contributed by atoms with Gasteiger partial charge in [0.1, 0.15) is 5.82 Å². The lowest BCUT2D eigenvalue weighted by atomic mass is 10.2. The second-order valence-corrected chi connectivity index (χ2v) is 8.76. The molecule has 1 atom stereocenters. The van der Waals surface area contributed by atoms with Gasteiger partial charge in [0, 0.05) is 57.7 Å². The van der Waals surface area contributed by atoms with Gasteiger partial charge in [-0.05, 0) is 49.9 Å². The lowest BCUT2D eigenvalue weighted by molar-refractivity contribution is 0.648. The number of aromatic nitrogens is 1. The van der Waals surface area contributed by atoms with Crippen molar-refractivity contribution in [1.82, 2.24) is 15.6 Å². The summed E-state index contributed by atoms with van der Waals surface area (Å²) in [6, 6.07) is 13.5. The Morgan fingerprint density at radius 2 is 1.77 bits per heavy atom. The highest BCUT2D eigenvalue weighted by Gasteiger charge is 2.23. The molecule has 6 heteroatoms. The lowest BCUT2D eigenvalue weighted by Crippen LogP contribution is -2.44. The Labute approximate surface area is 186 Å². The van der Waals surface area contributed by atoms with E-state index >= 15 is 0 Å². The largest absolute Gasteiger partial charge is 0.369 e. The van der Waals surface area contributed by atoms with Crippen molar-refractivity contribution in [1.29, 1.82) is 0 Å². The van der Waals surface area contributed by atoms with E-state index in [1.807, 2.05) is 13.2 Å². The van der Waals surface area contributed by atoms with Gasteiger partial charge in [0.05, 0.1) is 0 Å². The highest BCUT2D eigenvalue weighted by molar-refractivity contribution is 5.80. The number of hydrogen-bond acceptors (Lipinski definition) is 4. The van der Waals surface area contributed by atoms with Gasteiger partial charge in [-0.3, -0.25) is 4.99 Å². The molecular formula is C25H36N6. The van der Waals surface area contributed by atoms with Crippen molar-refractivity contribution in [2.45, 2.75) is 51.6 Å². The lowest BCUT2D eigenvalue weighted by Gasteiger charge is -2.22. The van der Waals surface area contributed by atoms with Crippen LogP contribution in [-0.2, 0) is 6.54 Å². The predicted octanol–water partition coefficient (Wildman–Crippen LogP) is 3.71. The molecule has 0 radical (unpaired) electrons. The van der Waals surface area contributed by atoms with Crippen LogP contribution in [0.4, 0.5) is 11.5 Å². The molecule has 2 aromatic rings. The van der Waals surface area contributed by atoms with Gasteiger partial charge in [0.25, 0.3) is 0 Å². The highest BCUT2D eigenvalue weighted by atomic mass is 15.2. The fraction of sp³-hybridized carbons (Fsp3) is 0.520.